The van der Waals surface area contributed by atoms with Crippen molar-refractivity contribution in [2.75, 3.05) is 13.1 Å². The molecular weight excluding hydrogens is 921 g/mol. The molecule has 2 aromatic heterocycles. The molecular formula is C36H57N9O11Re. The Morgan fingerprint density at radius 1 is 0.614 bits per heavy atom. The number of aliphatic carboxylic acids is 4. The molecule has 21 heteroatoms. The van der Waals surface area contributed by atoms with E-state index in [4.69, 9.17) is 10.2 Å². The fraction of sp³-hybridized carbons (Fsp3) is 0.639. The molecule has 4 amide bonds. The maximum atomic E-state index is 12.5. The van der Waals surface area contributed by atoms with Crippen molar-refractivity contribution < 1.29 is 74.4 Å². The molecule has 0 aromatic carbocycles. The van der Waals surface area contributed by atoms with Gasteiger partial charge in [-0.25, -0.2) is 29.1 Å². The normalized spacial score (nSPS) is 12.5. The molecule has 3 atom stereocenters. The number of amides is 4. The van der Waals surface area contributed by atoms with Gasteiger partial charge in [0.1, 0.15) is 29.8 Å². The van der Waals surface area contributed by atoms with Crippen LogP contribution in [0.2, 0.25) is 0 Å². The Morgan fingerprint density at radius 3 is 1.56 bits per heavy atom. The molecule has 0 spiro atoms. The van der Waals surface area contributed by atoms with Crippen LogP contribution in [0.3, 0.4) is 0 Å². The molecule has 20 nitrogen and oxygen atoms in total. The smallest absolute Gasteiger partial charge is 0.326 e. The minimum absolute atomic E-state index is 0. The van der Waals surface area contributed by atoms with Gasteiger partial charge in [-0.3, -0.25) is 19.3 Å². The molecule has 2 rings (SSSR count). The third-order valence-corrected chi connectivity index (χ3v) is 9.08. The first-order valence-corrected chi connectivity index (χ1v) is 18.8. The topological polar surface area (TPSA) is 287 Å². The van der Waals surface area contributed by atoms with Gasteiger partial charge in [0, 0.05) is 85.1 Å². The molecule has 8 N–H and O–H groups in total. The van der Waals surface area contributed by atoms with Gasteiger partial charge < -0.3 is 50.8 Å². The maximum Gasteiger partial charge on any atom is 0.326 e. The average Bonchev–Trinajstić information content (AvgIpc) is 3.73. The van der Waals surface area contributed by atoms with E-state index < -0.39 is 54.5 Å². The summed E-state index contributed by atoms with van der Waals surface area (Å²) >= 11 is 0. The van der Waals surface area contributed by atoms with Crippen molar-refractivity contribution in [2.24, 2.45) is 14.1 Å². The third-order valence-electron chi connectivity index (χ3n) is 9.08. The summed E-state index contributed by atoms with van der Waals surface area (Å²) < 4.78 is 3.92. The van der Waals surface area contributed by atoms with E-state index in [-0.39, 0.29) is 64.5 Å². The van der Waals surface area contributed by atoms with Gasteiger partial charge >= 0.3 is 29.9 Å². The summed E-state index contributed by atoms with van der Waals surface area (Å²) in [6.45, 7) is 2.21. The summed E-state index contributed by atoms with van der Waals surface area (Å²) in [5.41, 5.74) is 0. The summed E-state index contributed by atoms with van der Waals surface area (Å²) in [4.78, 5) is 93.2. The van der Waals surface area contributed by atoms with Crippen LogP contribution in [0.1, 0.15) is 102 Å². The second-order valence-electron chi connectivity index (χ2n) is 13.7. The van der Waals surface area contributed by atoms with Crippen molar-refractivity contribution in [3.8, 4) is 0 Å². The van der Waals surface area contributed by atoms with Crippen LogP contribution in [-0.2, 0) is 76.4 Å². The zero-order valence-corrected chi connectivity index (χ0v) is 35.2. The number of nitrogens with zero attached hydrogens (tertiary/aromatic N) is 5. The number of unbranched alkanes of at least 4 members (excludes halogenated alkanes) is 5. The van der Waals surface area contributed by atoms with E-state index >= 15 is 0 Å². The first-order valence-electron chi connectivity index (χ1n) is 18.8. The fourth-order valence-electron chi connectivity index (χ4n) is 5.77. The molecule has 0 bridgehead atoms. The number of aromatic nitrogens is 4. The summed E-state index contributed by atoms with van der Waals surface area (Å²) in [6.07, 6.45) is 11.8. The van der Waals surface area contributed by atoms with Gasteiger partial charge in [0.15, 0.2) is 0 Å². The number of hydrogen-bond donors (Lipinski definition) is 8. The van der Waals surface area contributed by atoms with Crippen molar-refractivity contribution >= 4 is 41.7 Å². The van der Waals surface area contributed by atoms with Crippen LogP contribution in [0, 0.1) is 0 Å². The minimum Gasteiger partial charge on any atom is -0.481 e. The number of hydrogen-bond acceptors (Lipinski definition) is 10. The molecule has 0 unspecified atom stereocenters. The first kappa shape index (κ1) is 50.2. The van der Waals surface area contributed by atoms with Gasteiger partial charge in [0.2, 0.25) is 11.8 Å². The molecule has 1 radical (unpaired) electrons. The van der Waals surface area contributed by atoms with E-state index in [1.807, 2.05) is 35.6 Å². The van der Waals surface area contributed by atoms with Crippen molar-refractivity contribution in [1.29, 1.82) is 0 Å². The molecule has 2 aromatic rings. The van der Waals surface area contributed by atoms with E-state index in [1.165, 1.54) is 0 Å². The monoisotopic (exact) mass is 978 g/mol. The van der Waals surface area contributed by atoms with Crippen molar-refractivity contribution in [1.82, 2.24) is 45.3 Å². The maximum absolute atomic E-state index is 12.5. The Hall–Kier alpha value is -4.87. The van der Waals surface area contributed by atoms with Gasteiger partial charge in [0.05, 0.1) is 13.1 Å². The van der Waals surface area contributed by atoms with Crippen LogP contribution < -0.4 is 21.3 Å². The van der Waals surface area contributed by atoms with E-state index in [2.05, 4.69) is 36.1 Å². The zero-order chi connectivity index (χ0) is 41.5. The number of nitrogens with one attached hydrogen (secondary N) is 4. The molecule has 57 heavy (non-hydrogen) atoms. The van der Waals surface area contributed by atoms with Crippen LogP contribution in [0.15, 0.2) is 24.8 Å². The fourth-order valence-corrected chi connectivity index (χ4v) is 5.77. The molecule has 2 heterocycles. The van der Waals surface area contributed by atoms with Crippen LogP contribution in [-0.4, -0.2) is 117 Å². The van der Waals surface area contributed by atoms with Gasteiger partial charge in [-0.15, -0.1) is 0 Å². The second kappa shape index (κ2) is 27.7. The number of carboxylic acids is 4. The van der Waals surface area contributed by atoms with Gasteiger partial charge in [-0.05, 0) is 64.3 Å². The predicted molar refractivity (Wildman–Crippen MR) is 200 cm³/mol. The molecule has 0 saturated carbocycles. The largest absolute Gasteiger partial charge is 0.481 e. The number of carboxylic acid groups (broad SMARTS) is 4. The number of imidazole rings is 2. The number of carbonyl (C=O) groups is 7. The summed E-state index contributed by atoms with van der Waals surface area (Å²) in [6, 6.07) is -4.84. The summed E-state index contributed by atoms with van der Waals surface area (Å²) in [5.74, 6) is -3.79. The quantitative estimate of drug-likeness (QED) is 0.0517. The Labute approximate surface area is 345 Å². The number of aryl methyl sites for hydroxylation is 2. The summed E-state index contributed by atoms with van der Waals surface area (Å²) in [5, 5.41) is 46.6. The second-order valence-corrected chi connectivity index (χ2v) is 13.7. The Morgan fingerprint density at radius 2 is 1.09 bits per heavy atom. The van der Waals surface area contributed by atoms with Crippen molar-refractivity contribution in [3.63, 3.8) is 0 Å². The standard InChI is InChI=1S/C36H57N9O11.Re/c1-43-21-18-37-28(43)23-45(24-29-38-19-22-44(29)2)20-10-8-12-25(33(50)51)40-31(47)14-6-4-3-5-13-30(46)39-17-9-7-11-26(34(52)53)41-36(56)42-27(35(54)55)15-16-32(48)49;/h18-19,21-22,25-27H,3-17,20,23-24H2,1-2H3,(H,39,46)(H,40,47)(H,48,49)(H,50,51)(H,52,53)(H,54,55)(H2,41,42,56);/t25-,26-,27-;/m0./s1. The SMILES string of the molecule is Cn1ccnc1CN(CCCC[C@H](NC(=O)CCCCCCC(=O)NCCCC[C@H](NC(=O)N[C@@H](CCC(=O)O)C(=O)O)C(=O)O)C(=O)O)Cc1nccn1C.[Re]. The Balaban J connectivity index is 0.0000162. The minimum atomic E-state index is -1.50. The Bertz CT molecular complexity index is 1540. The number of rotatable bonds is 30. The third kappa shape index (κ3) is 21.3. The summed E-state index contributed by atoms with van der Waals surface area (Å²) in [7, 11) is 3.87. The molecule has 0 aliphatic carbocycles. The first-order chi connectivity index (χ1) is 26.7. The number of urea groups is 1. The van der Waals surface area contributed by atoms with Crippen molar-refractivity contribution in [3.05, 3.63) is 36.4 Å². The van der Waals surface area contributed by atoms with Crippen molar-refractivity contribution in [2.45, 2.75) is 121 Å². The van der Waals surface area contributed by atoms with E-state index in [1.54, 1.807) is 12.4 Å². The van der Waals surface area contributed by atoms with Crippen LogP contribution in [0.4, 0.5) is 4.79 Å². The number of carbonyl (C=O) groups excluding carboxylic acids is 3. The molecule has 0 fully saturated rings. The molecule has 0 aliphatic heterocycles. The van der Waals surface area contributed by atoms with Crippen LogP contribution >= 0.6 is 0 Å². The predicted octanol–water partition coefficient (Wildman–Crippen LogP) is 1.59. The van der Waals surface area contributed by atoms with E-state index in [0.29, 0.717) is 71.0 Å². The van der Waals surface area contributed by atoms with Gasteiger partial charge in [-0.1, -0.05) is 12.8 Å². The molecule has 0 saturated heterocycles. The van der Waals surface area contributed by atoms with Crippen LogP contribution in [0.5, 0.6) is 0 Å². The van der Waals surface area contributed by atoms with Gasteiger partial charge in [-0.2, -0.15) is 0 Å². The average molecular weight is 978 g/mol. The van der Waals surface area contributed by atoms with E-state index in [9.17, 15) is 43.8 Å². The van der Waals surface area contributed by atoms with Crippen LogP contribution in [0.25, 0.3) is 0 Å². The molecule has 0 aliphatic rings. The Kier molecular flexibility index (Phi) is 24.4. The van der Waals surface area contributed by atoms with E-state index in [0.717, 1.165) is 18.1 Å². The zero-order valence-electron chi connectivity index (χ0n) is 32.5. The van der Waals surface area contributed by atoms with Gasteiger partial charge in [0.25, 0.3) is 0 Å². The molecule has 319 valence electrons.